The van der Waals surface area contributed by atoms with Crippen LogP contribution in [0.2, 0.25) is 0 Å². The molecule has 1 fully saturated rings. The monoisotopic (exact) mass is 366 g/mol. The van der Waals surface area contributed by atoms with Crippen molar-refractivity contribution < 1.29 is 14.0 Å². The van der Waals surface area contributed by atoms with Gasteiger partial charge in [-0.3, -0.25) is 9.59 Å². The largest absolute Gasteiger partial charge is 0.465 e. The summed E-state index contributed by atoms with van der Waals surface area (Å²) in [5.74, 6) is 1.22. The van der Waals surface area contributed by atoms with E-state index in [2.05, 4.69) is 5.32 Å². The molecule has 1 aromatic heterocycles. The molecule has 0 unspecified atom stereocenters. The van der Waals surface area contributed by atoms with Crippen molar-refractivity contribution in [3.63, 3.8) is 0 Å². The van der Waals surface area contributed by atoms with E-state index in [4.69, 9.17) is 4.42 Å². The maximum atomic E-state index is 12.2. The fourth-order valence-electron chi connectivity index (χ4n) is 3.25. The SMILES string of the molecule is O=C(CCc1ccccc1)NCC1CCN(C(=O)/C=C/c2ccco2)CC1. The average molecular weight is 366 g/mol. The standard InChI is InChI=1S/C22H26N2O3/c25-21(10-8-18-5-2-1-3-6-18)23-17-19-12-14-24(15-13-19)22(26)11-9-20-7-4-16-27-20/h1-7,9,11,16,19H,8,10,12-15,17H2,(H,23,25)/b11-9+. The van der Waals surface area contributed by atoms with Crippen LogP contribution >= 0.6 is 0 Å². The third kappa shape index (κ3) is 6.13. The van der Waals surface area contributed by atoms with Crippen LogP contribution in [0.25, 0.3) is 6.08 Å². The first-order valence-electron chi connectivity index (χ1n) is 9.52. The van der Waals surface area contributed by atoms with E-state index >= 15 is 0 Å². The fraction of sp³-hybridized carbons (Fsp3) is 0.364. The van der Waals surface area contributed by atoms with E-state index in [9.17, 15) is 9.59 Å². The van der Waals surface area contributed by atoms with Crippen molar-refractivity contribution in [3.05, 3.63) is 66.1 Å². The molecule has 2 aromatic rings. The van der Waals surface area contributed by atoms with Crippen molar-refractivity contribution in [1.29, 1.82) is 0 Å². The van der Waals surface area contributed by atoms with E-state index in [0.717, 1.165) is 32.4 Å². The lowest BCUT2D eigenvalue weighted by Crippen LogP contribution is -2.41. The first-order chi connectivity index (χ1) is 13.2. The van der Waals surface area contributed by atoms with Gasteiger partial charge < -0.3 is 14.6 Å². The molecule has 5 nitrogen and oxygen atoms in total. The summed E-state index contributed by atoms with van der Waals surface area (Å²) in [6.07, 6.45) is 7.95. The van der Waals surface area contributed by atoms with Crippen molar-refractivity contribution in [1.82, 2.24) is 10.2 Å². The number of likely N-dealkylation sites (tertiary alicyclic amines) is 1. The minimum atomic E-state index is 0.0109. The van der Waals surface area contributed by atoms with Gasteiger partial charge in [0.2, 0.25) is 11.8 Å². The summed E-state index contributed by atoms with van der Waals surface area (Å²) in [5.41, 5.74) is 1.18. The summed E-state index contributed by atoms with van der Waals surface area (Å²) in [6.45, 7) is 2.15. The topological polar surface area (TPSA) is 62.6 Å². The minimum Gasteiger partial charge on any atom is -0.465 e. The zero-order chi connectivity index (χ0) is 18.9. The minimum absolute atomic E-state index is 0.0109. The molecule has 0 atom stereocenters. The Hall–Kier alpha value is -2.82. The van der Waals surface area contributed by atoms with Gasteiger partial charge in [-0.05, 0) is 49.0 Å². The normalized spacial score (nSPS) is 15.2. The van der Waals surface area contributed by atoms with Crippen LogP contribution in [0.1, 0.15) is 30.6 Å². The maximum absolute atomic E-state index is 12.2. The Morgan fingerprint density at radius 2 is 1.89 bits per heavy atom. The summed E-state index contributed by atoms with van der Waals surface area (Å²) in [5, 5.41) is 3.04. The van der Waals surface area contributed by atoms with Crippen molar-refractivity contribution >= 4 is 17.9 Å². The van der Waals surface area contributed by atoms with Crippen LogP contribution in [0.5, 0.6) is 0 Å². The van der Waals surface area contributed by atoms with E-state index in [1.807, 2.05) is 41.3 Å². The lowest BCUT2D eigenvalue weighted by molar-refractivity contribution is -0.127. The molecule has 0 aliphatic carbocycles. The number of nitrogens with one attached hydrogen (secondary N) is 1. The van der Waals surface area contributed by atoms with Gasteiger partial charge >= 0.3 is 0 Å². The van der Waals surface area contributed by atoms with Crippen molar-refractivity contribution in [2.45, 2.75) is 25.7 Å². The van der Waals surface area contributed by atoms with Gasteiger partial charge in [-0.2, -0.15) is 0 Å². The molecule has 1 N–H and O–H groups in total. The van der Waals surface area contributed by atoms with Crippen LogP contribution in [-0.4, -0.2) is 36.3 Å². The molecule has 1 aliphatic heterocycles. The second-order valence-electron chi connectivity index (χ2n) is 6.91. The Labute approximate surface area is 160 Å². The van der Waals surface area contributed by atoms with Gasteiger partial charge in [-0.1, -0.05) is 30.3 Å². The number of carbonyl (C=O) groups is 2. The predicted molar refractivity (Wildman–Crippen MR) is 105 cm³/mol. The van der Waals surface area contributed by atoms with E-state index in [1.165, 1.54) is 5.56 Å². The highest BCUT2D eigenvalue weighted by atomic mass is 16.3. The molecular weight excluding hydrogens is 340 g/mol. The number of carbonyl (C=O) groups excluding carboxylic acids is 2. The van der Waals surface area contributed by atoms with Gasteiger partial charge in [0.25, 0.3) is 0 Å². The van der Waals surface area contributed by atoms with Gasteiger partial charge in [-0.15, -0.1) is 0 Å². The molecule has 27 heavy (non-hydrogen) atoms. The fourth-order valence-corrected chi connectivity index (χ4v) is 3.25. The van der Waals surface area contributed by atoms with E-state index in [1.54, 1.807) is 24.5 Å². The number of nitrogens with zero attached hydrogens (tertiary/aromatic N) is 1. The molecule has 1 aromatic carbocycles. The molecule has 0 bridgehead atoms. The molecule has 0 radical (unpaired) electrons. The molecule has 2 heterocycles. The number of aryl methyl sites for hydroxylation is 1. The van der Waals surface area contributed by atoms with Gasteiger partial charge in [-0.25, -0.2) is 0 Å². The Morgan fingerprint density at radius 1 is 1.11 bits per heavy atom. The van der Waals surface area contributed by atoms with E-state index in [0.29, 0.717) is 24.6 Å². The molecule has 1 saturated heterocycles. The van der Waals surface area contributed by atoms with Crippen LogP contribution in [0.15, 0.2) is 59.2 Å². The smallest absolute Gasteiger partial charge is 0.246 e. The van der Waals surface area contributed by atoms with Gasteiger partial charge in [0.15, 0.2) is 0 Å². The molecule has 142 valence electrons. The van der Waals surface area contributed by atoms with Gasteiger partial charge in [0.05, 0.1) is 6.26 Å². The third-order valence-corrected chi connectivity index (χ3v) is 4.93. The summed E-state index contributed by atoms with van der Waals surface area (Å²) in [4.78, 5) is 26.1. The Morgan fingerprint density at radius 3 is 2.59 bits per heavy atom. The molecule has 2 amide bonds. The highest BCUT2D eigenvalue weighted by molar-refractivity contribution is 5.91. The number of rotatable bonds is 7. The summed E-state index contributed by atoms with van der Waals surface area (Å²) >= 11 is 0. The van der Waals surface area contributed by atoms with Crippen LogP contribution in [0.3, 0.4) is 0 Å². The zero-order valence-electron chi connectivity index (χ0n) is 15.5. The van der Waals surface area contributed by atoms with Crippen LogP contribution in [-0.2, 0) is 16.0 Å². The summed E-state index contributed by atoms with van der Waals surface area (Å²) < 4.78 is 5.19. The van der Waals surface area contributed by atoms with Crippen molar-refractivity contribution in [2.75, 3.05) is 19.6 Å². The Bertz CT molecular complexity index is 745. The number of hydrogen-bond acceptors (Lipinski definition) is 3. The van der Waals surface area contributed by atoms with Crippen LogP contribution in [0, 0.1) is 5.92 Å². The second-order valence-corrected chi connectivity index (χ2v) is 6.91. The second kappa shape index (κ2) is 9.76. The van der Waals surface area contributed by atoms with Crippen molar-refractivity contribution in [2.24, 2.45) is 5.92 Å². The molecule has 3 rings (SSSR count). The number of hydrogen-bond donors (Lipinski definition) is 1. The average Bonchev–Trinajstić information content (AvgIpc) is 3.24. The van der Waals surface area contributed by atoms with Gasteiger partial charge in [0, 0.05) is 32.1 Å². The Balaban J connectivity index is 1.33. The quantitative estimate of drug-likeness (QED) is 0.765. The molecule has 0 spiro atoms. The van der Waals surface area contributed by atoms with E-state index in [-0.39, 0.29) is 11.8 Å². The lowest BCUT2D eigenvalue weighted by atomic mass is 9.96. The molecular formula is C22H26N2O3. The predicted octanol–water partition coefficient (Wildman–Crippen LogP) is 3.28. The van der Waals surface area contributed by atoms with E-state index < -0.39 is 0 Å². The number of amides is 2. The maximum Gasteiger partial charge on any atom is 0.246 e. The van der Waals surface area contributed by atoms with Crippen LogP contribution in [0.4, 0.5) is 0 Å². The highest BCUT2D eigenvalue weighted by Crippen LogP contribution is 2.17. The first kappa shape index (κ1) is 19.0. The zero-order valence-corrected chi connectivity index (χ0v) is 15.5. The third-order valence-electron chi connectivity index (χ3n) is 4.93. The molecule has 0 saturated carbocycles. The highest BCUT2D eigenvalue weighted by Gasteiger charge is 2.21. The molecule has 5 heteroatoms. The number of benzene rings is 1. The lowest BCUT2D eigenvalue weighted by Gasteiger charge is -2.31. The Kier molecular flexibility index (Phi) is 6.85. The van der Waals surface area contributed by atoms with Gasteiger partial charge in [0.1, 0.15) is 5.76 Å². The summed E-state index contributed by atoms with van der Waals surface area (Å²) in [7, 11) is 0. The van der Waals surface area contributed by atoms with Crippen molar-refractivity contribution in [3.8, 4) is 0 Å². The number of furan rings is 1. The first-order valence-corrected chi connectivity index (χ1v) is 9.52. The molecule has 1 aliphatic rings. The number of piperidine rings is 1. The summed E-state index contributed by atoms with van der Waals surface area (Å²) in [6, 6.07) is 13.7. The van der Waals surface area contributed by atoms with Crippen LogP contribution < -0.4 is 5.32 Å².